The van der Waals surface area contributed by atoms with Gasteiger partial charge in [0.1, 0.15) is 63.5 Å². The zero-order chi connectivity index (χ0) is 85.0. The van der Waals surface area contributed by atoms with Crippen LogP contribution in [-0.2, 0) is 35.2 Å². The molecule has 0 fully saturated rings. The van der Waals surface area contributed by atoms with Crippen molar-refractivity contribution in [2.75, 3.05) is 35.2 Å². The summed E-state index contributed by atoms with van der Waals surface area (Å²) in [5, 5.41) is 5.45. The van der Waals surface area contributed by atoms with Crippen LogP contribution in [0.25, 0.3) is 84.4 Å². The largest absolute Gasteiger partial charge is 0.449 e. The van der Waals surface area contributed by atoms with Gasteiger partial charge >= 0.3 is 34.2 Å². The van der Waals surface area contributed by atoms with Crippen LogP contribution in [0.5, 0.6) is 0 Å². The molecule has 20 nitrogen and oxygen atoms in total. The minimum atomic E-state index is 0.0394. The number of allylic oxidation sites excluding steroid dienone is 3. The Balaban J connectivity index is 0.000000112. The lowest BCUT2D eigenvalue weighted by Crippen LogP contribution is -2.65. The molecular weight excluding hydrogens is 1490 g/mol. The number of pyridine rings is 10. The van der Waals surface area contributed by atoms with Crippen LogP contribution < -0.4 is 79.1 Å². The highest BCUT2D eigenvalue weighted by Gasteiger charge is 2.47. The molecule has 20 rings (SSSR count). The fraction of sp³-hybridized carbons (Fsp3) is 0.263. The summed E-state index contributed by atoms with van der Waals surface area (Å²) < 4.78 is 42.1. The van der Waals surface area contributed by atoms with E-state index in [4.69, 9.17) is 22.1 Å². The Morgan fingerprint density at radius 3 is 0.908 bits per heavy atom. The number of furan rings is 5. The van der Waals surface area contributed by atoms with E-state index >= 15 is 0 Å². The van der Waals surface area contributed by atoms with Crippen LogP contribution in [0.15, 0.2) is 193 Å². The fourth-order valence-corrected chi connectivity index (χ4v) is 17.9. The van der Waals surface area contributed by atoms with Gasteiger partial charge in [0.2, 0.25) is 28.6 Å². The van der Waals surface area contributed by atoms with E-state index in [9.17, 15) is 0 Å². The Hall–Kier alpha value is -12.8. The molecule has 600 valence electrons. The van der Waals surface area contributed by atoms with E-state index in [1.54, 1.807) is 0 Å². The quantitative estimate of drug-likeness (QED) is 0.119. The van der Waals surface area contributed by atoms with Crippen molar-refractivity contribution >= 4 is 175 Å². The minimum Gasteiger partial charge on any atom is -0.449 e. The van der Waals surface area contributed by atoms with E-state index in [0.717, 1.165) is 123 Å². The third-order valence-corrected chi connectivity index (χ3v) is 24.3. The van der Waals surface area contributed by atoms with Crippen molar-refractivity contribution in [3.05, 3.63) is 266 Å². The lowest BCUT2D eigenvalue weighted by Gasteiger charge is -2.26. The molecule has 0 amide bonds. The van der Waals surface area contributed by atoms with Crippen LogP contribution in [0.4, 0.5) is 0 Å². The van der Waals surface area contributed by atoms with Crippen molar-refractivity contribution in [3.63, 3.8) is 0 Å². The third-order valence-electron chi connectivity index (χ3n) is 24.3. The van der Waals surface area contributed by atoms with E-state index in [0.29, 0.717) is 0 Å². The molecule has 25 heteroatoms. The molecule has 0 bridgehead atoms. The Kier molecular flexibility index (Phi) is 21.5. The number of hydrogen-bond acceptors (Lipinski definition) is 15. The molecule has 0 saturated heterocycles. The first-order chi connectivity index (χ1) is 57.3. The predicted molar refractivity (Wildman–Crippen MR) is 488 cm³/mol. The highest BCUT2D eigenvalue weighted by molar-refractivity contribution is 6.84. The van der Waals surface area contributed by atoms with Crippen molar-refractivity contribution in [1.29, 1.82) is 0 Å². The Labute approximate surface area is 705 Å². The maximum Gasteiger partial charge on any atom is 0.443 e. The Bertz CT molecular complexity index is 6820. The van der Waals surface area contributed by atoms with Crippen LogP contribution in [0.3, 0.4) is 0 Å². The summed E-state index contributed by atoms with van der Waals surface area (Å²) in [6.45, 7) is 31.5. The van der Waals surface area contributed by atoms with E-state index in [1.807, 2.05) is 58.9 Å². The summed E-state index contributed by atoms with van der Waals surface area (Å²) in [5.74, 6) is 0. The first-order valence-electron chi connectivity index (χ1n) is 41.1. The predicted octanol–water partition coefficient (Wildman–Crippen LogP) is 8.24. The minimum absolute atomic E-state index is 0.0394. The number of rotatable bonds is 5. The molecule has 5 aliphatic heterocycles. The van der Waals surface area contributed by atoms with Gasteiger partial charge in [0.15, 0.2) is 59.0 Å². The van der Waals surface area contributed by atoms with Crippen LogP contribution in [-0.4, -0.2) is 118 Å². The zero-order valence-corrected chi connectivity index (χ0v) is 74.0. The van der Waals surface area contributed by atoms with Crippen LogP contribution in [0.2, 0.25) is 0 Å². The van der Waals surface area contributed by atoms with Gasteiger partial charge in [-0.05, 0) is 294 Å². The fourth-order valence-electron chi connectivity index (χ4n) is 17.9. The van der Waals surface area contributed by atoms with Gasteiger partial charge in [0.05, 0.1) is 0 Å². The van der Waals surface area contributed by atoms with Gasteiger partial charge in [0, 0.05) is 136 Å². The molecular formula is C95H105B5N15O5+5. The molecule has 0 spiro atoms. The van der Waals surface area contributed by atoms with Gasteiger partial charge in [-0.2, -0.15) is 0 Å². The average molecular weight is 1590 g/mol. The smallest absolute Gasteiger partial charge is 0.443 e. The van der Waals surface area contributed by atoms with Gasteiger partial charge in [-0.25, -0.2) is 47.8 Å². The number of hydrogen-bond donors (Lipinski definition) is 0. The van der Waals surface area contributed by atoms with Crippen LogP contribution >= 0.6 is 0 Å². The molecule has 15 aromatic heterocycles. The van der Waals surface area contributed by atoms with Crippen molar-refractivity contribution in [2.24, 2.45) is 35.2 Å². The summed E-state index contributed by atoms with van der Waals surface area (Å²) >= 11 is 0. The van der Waals surface area contributed by atoms with Crippen molar-refractivity contribution < 1.29 is 44.9 Å². The molecule has 0 radical (unpaired) electrons. The SMILES string of the molecule is CC1=CN(C)B(c2cc(C)c(C)c[n+]2C)c2oc3nc(C)ccc3c21.CC1=CN(C)B(c2cc(C)cc[n+]2C)c2oc3nc(C)ccc3c21.CC1=CN(C)B(c2ccc(C)c[n+]2C)c2oc3nc(C)ccc3c21.Cc1cc[n+](C)c(B2c3oc4nc(C)ccc4c3C=CN2C)c1.Cc1ccc2c3c(oc2n1)B(c1cc(C)c(C)c[n+]1C)N(C)C=C3. The van der Waals surface area contributed by atoms with Gasteiger partial charge in [-0.15, -0.1) is 0 Å². The standard InChI is InChI=1S/C20H23BN3O.3C19H21BN3O.C18H19BN3O/c1-12-9-17(23(5)10-13(12)2)21-19-18(14(3)11-24(21)6)16-8-7-15(4)22-20(16)25-19;1-12-6-9-16(22(4)10-12)20-18-17(13(2)11-23(20)5)15-8-7-14(3)21-19(15)24-18;1-12-10-17(22(4)11-13(12)2)20-18-15(8-9-23(20)5)16-7-6-14(3)21-19(16)24-18;1-12-8-9-22(4)16(10-12)20-18-17(13(2)11-23(20)5)15-7-6-14(3)21-19(15)24-18;1-12-7-9-21(3)16(11-12)19-17-14(8-10-22(19)4)15-6-5-13(2)20-18(15)23-17/h7-11H,1-6H3;3*6-11H,1-5H3;5-11H,1-4H3/q5*+1. The second-order valence-corrected chi connectivity index (χ2v) is 33.8. The summed E-state index contributed by atoms with van der Waals surface area (Å²) in [7, 11) is 20.9. The molecule has 0 aliphatic carbocycles. The number of fused-ring (bicyclic) bond motifs is 15. The van der Waals surface area contributed by atoms with Gasteiger partial charge in [-0.1, -0.05) is 0 Å². The highest BCUT2D eigenvalue weighted by atomic mass is 16.4. The average Bonchev–Trinajstić information content (AvgIpc) is 1.57. The maximum atomic E-state index is 6.30. The first-order valence-corrected chi connectivity index (χ1v) is 41.1. The van der Waals surface area contributed by atoms with Gasteiger partial charge < -0.3 is 46.1 Å². The summed E-state index contributed by atoms with van der Waals surface area (Å²) in [4.78, 5) is 33.9. The molecule has 15 aromatic rings. The monoisotopic (exact) mass is 1590 g/mol. The zero-order valence-electron chi connectivity index (χ0n) is 74.0. The van der Waals surface area contributed by atoms with Crippen molar-refractivity contribution in [1.82, 2.24) is 49.0 Å². The first kappa shape index (κ1) is 81.0. The van der Waals surface area contributed by atoms with Crippen molar-refractivity contribution in [3.8, 4) is 0 Å². The topological polar surface area (TPSA) is 166 Å². The van der Waals surface area contributed by atoms with E-state index in [1.165, 1.54) is 100 Å². The lowest BCUT2D eigenvalue weighted by atomic mass is 9.51. The summed E-state index contributed by atoms with van der Waals surface area (Å²) in [6, 6.07) is 38.3. The lowest BCUT2D eigenvalue weighted by molar-refractivity contribution is -0.654. The number of aryl methyl sites for hydroxylation is 17. The molecule has 5 aliphatic rings. The van der Waals surface area contributed by atoms with Crippen LogP contribution in [0, 0.1) is 83.1 Å². The molecule has 120 heavy (non-hydrogen) atoms. The molecule has 0 saturated carbocycles. The summed E-state index contributed by atoms with van der Waals surface area (Å²) in [5.41, 5.74) is 37.7. The third kappa shape index (κ3) is 14.9. The van der Waals surface area contributed by atoms with E-state index in [2.05, 4.69) is 371 Å². The highest BCUT2D eigenvalue weighted by Crippen LogP contribution is 2.33. The second-order valence-electron chi connectivity index (χ2n) is 33.8. The Morgan fingerprint density at radius 1 is 0.275 bits per heavy atom. The van der Waals surface area contributed by atoms with Crippen LogP contribution in [0.1, 0.15) is 116 Å². The van der Waals surface area contributed by atoms with Gasteiger partial charge in [-0.3, -0.25) is 0 Å². The Morgan fingerprint density at radius 2 is 0.567 bits per heavy atom. The molecule has 0 N–H and O–H groups in total. The number of aromatic nitrogens is 10. The van der Waals surface area contributed by atoms with Gasteiger partial charge in [0.25, 0.3) is 0 Å². The molecule has 0 aromatic carbocycles. The molecule has 0 atom stereocenters. The molecule has 20 heterocycles. The molecule has 0 unspecified atom stereocenters. The van der Waals surface area contributed by atoms with Crippen molar-refractivity contribution in [2.45, 2.75) is 104 Å². The second kappa shape index (κ2) is 31.8. The normalized spacial score (nSPS) is 14.0. The van der Waals surface area contributed by atoms with E-state index in [-0.39, 0.29) is 34.2 Å². The maximum absolute atomic E-state index is 6.30. The number of nitrogens with zero attached hydrogens (tertiary/aromatic N) is 15. The van der Waals surface area contributed by atoms with E-state index < -0.39 is 0 Å². The summed E-state index contributed by atoms with van der Waals surface area (Å²) in [6.07, 6.45) is 25.8.